The Morgan fingerprint density at radius 3 is 2.54 bits per heavy atom. The number of nitrogens with zero attached hydrogens (tertiary/aromatic N) is 1. The molecule has 0 atom stereocenters. The largest absolute Gasteiger partial charge is 0.490 e. The molecule has 0 unspecified atom stereocenters. The number of carbonyl (C=O) groups is 1. The fourth-order valence-electron chi connectivity index (χ4n) is 2.42. The van der Waals surface area contributed by atoms with Crippen LogP contribution in [0.1, 0.15) is 11.1 Å². The van der Waals surface area contributed by atoms with Gasteiger partial charge in [-0.3, -0.25) is 20.3 Å². The van der Waals surface area contributed by atoms with Crippen LogP contribution in [0.2, 0.25) is 0 Å². The molecule has 2 aromatic carbocycles. The highest BCUT2D eigenvalue weighted by Gasteiger charge is 2.23. The lowest BCUT2D eigenvalue weighted by molar-refractivity contribution is -0.384. The second kappa shape index (κ2) is 8.57. The summed E-state index contributed by atoms with van der Waals surface area (Å²) in [4.78, 5) is 22.6. The van der Waals surface area contributed by atoms with Gasteiger partial charge in [-0.15, -0.1) is 0 Å². The Bertz CT molecular complexity index is 957. The van der Waals surface area contributed by atoms with Gasteiger partial charge in [0.05, 0.1) is 9.83 Å². The Kier molecular flexibility index (Phi) is 5.95. The van der Waals surface area contributed by atoms with E-state index in [9.17, 15) is 14.9 Å². The summed E-state index contributed by atoms with van der Waals surface area (Å²) < 4.78 is 11.3. The lowest BCUT2D eigenvalue weighted by Crippen LogP contribution is -2.18. The van der Waals surface area contributed by atoms with Crippen molar-refractivity contribution >= 4 is 34.6 Å². The molecule has 9 heteroatoms. The van der Waals surface area contributed by atoms with Gasteiger partial charge in [-0.2, -0.15) is 0 Å². The minimum Gasteiger partial charge on any atom is -0.490 e. The van der Waals surface area contributed by atoms with Gasteiger partial charge in [-0.05, 0) is 43.0 Å². The van der Waals surface area contributed by atoms with Crippen LogP contribution in [0.4, 0.5) is 5.69 Å². The highest BCUT2D eigenvalue weighted by Crippen LogP contribution is 2.31. The zero-order valence-corrected chi connectivity index (χ0v) is 15.7. The quantitative estimate of drug-likeness (QED) is 0.319. The summed E-state index contributed by atoms with van der Waals surface area (Å²) in [6, 6.07) is 11.8. The number of nitro groups is 1. The van der Waals surface area contributed by atoms with E-state index in [1.165, 1.54) is 24.3 Å². The van der Waals surface area contributed by atoms with Gasteiger partial charge in [0.2, 0.25) is 0 Å². The summed E-state index contributed by atoms with van der Waals surface area (Å²) in [5.41, 5.74) is 1.40. The molecule has 144 valence electrons. The maximum absolute atomic E-state index is 11.8. The molecule has 1 amide bonds. The molecule has 0 aliphatic carbocycles. The number of non-ortho nitro benzene ring substituents is 1. The molecule has 0 radical (unpaired) electrons. The Balaban J connectivity index is 1.71. The van der Waals surface area contributed by atoms with Gasteiger partial charge < -0.3 is 14.8 Å². The number of ether oxygens (including phenoxy) is 2. The van der Waals surface area contributed by atoms with Crippen molar-refractivity contribution in [2.24, 2.45) is 0 Å². The normalized spacial score (nSPS) is 14.8. The van der Waals surface area contributed by atoms with E-state index in [-0.39, 0.29) is 29.0 Å². The number of carbonyl (C=O) groups excluding carboxylic acids is 1. The number of hydrogen-bond acceptors (Lipinski definition) is 7. The number of nitrogens with one attached hydrogen (secondary N) is 2. The van der Waals surface area contributed by atoms with E-state index < -0.39 is 10.8 Å². The van der Waals surface area contributed by atoms with Crippen molar-refractivity contribution in [3.8, 4) is 11.5 Å². The van der Waals surface area contributed by atoms with Crippen molar-refractivity contribution in [1.82, 2.24) is 5.32 Å². The molecule has 1 saturated heterocycles. The smallest absolute Gasteiger partial charge is 0.270 e. The number of rotatable bonds is 7. The van der Waals surface area contributed by atoms with Crippen molar-refractivity contribution in [2.75, 3.05) is 13.2 Å². The van der Waals surface area contributed by atoms with E-state index >= 15 is 0 Å². The topological polar surface area (TPSA) is 115 Å². The average Bonchev–Trinajstić information content (AvgIpc) is 2.98. The first-order valence-electron chi connectivity index (χ1n) is 8.32. The van der Waals surface area contributed by atoms with E-state index in [4.69, 9.17) is 14.9 Å². The summed E-state index contributed by atoms with van der Waals surface area (Å²) in [5.74, 6) is 0.686. The second-order valence-corrected chi connectivity index (χ2v) is 6.94. The molecule has 0 aromatic heterocycles. The summed E-state index contributed by atoms with van der Waals surface area (Å²) in [6.45, 7) is 2.49. The first-order chi connectivity index (χ1) is 13.4. The third kappa shape index (κ3) is 4.89. The molecule has 28 heavy (non-hydrogen) atoms. The summed E-state index contributed by atoms with van der Waals surface area (Å²) in [7, 11) is 0. The number of nitro benzene ring substituents is 1. The Hall–Kier alpha value is -3.33. The zero-order chi connectivity index (χ0) is 20.1. The van der Waals surface area contributed by atoms with E-state index in [0.29, 0.717) is 11.3 Å². The van der Waals surface area contributed by atoms with Crippen molar-refractivity contribution in [3.05, 3.63) is 68.6 Å². The third-order valence-electron chi connectivity index (χ3n) is 3.78. The monoisotopic (exact) mass is 399 g/mol. The summed E-state index contributed by atoms with van der Waals surface area (Å²) in [6.07, 6.45) is 1.48. The van der Waals surface area contributed by atoms with Crippen molar-refractivity contribution in [1.29, 1.82) is 5.41 Å². The predicted octanol–water partition coefficient (Wildman–Crippen LogP) is 3.50. The maximum Gasteiger partial charge on any atom is 0.270 e. The van der Waals surface area contributed by atoms with Gasteiger partial charge in [0.15, 0.2) is 5.17 Å². The van der Waals surface area contributed by atoms with E-state index in [0.717, 1.165) is 23.1 Å². The van der Waals surface area contributed by atoms with Gasteiger partial charge in [0, 0.05) is 17.7 Å². The Labute approximate surface area is 165 Å². The number of amidine groups is 1. The number of benzene rings is 2. The highest BCUT2D eigenvalue weighted by atomic mass is 32.2. The van der Waals surface area contributed by atoms with Crippen LogP contribution in [-0.2, 0) is 4.79 Å². The fraction of sp³-hybridized carbons (Fsp3) is 0.158. The summed E-state index contributed by atoms with van der Waals surface area (Å²) >= 11 is 0.952. The Morgan fingerprint density at radius 1 is 1.18 bits per heavy atom. The molecule has 2 N–H and O–H groups in total. The van der Waals surface area contributed by atoms with Crippen LogP contribution < -0.4 is 14.8 Å². The van der Waals surface area contributed by atoms with Crippen LogP contribution in [-0.4, -0.2) is 29.2 Å². The molecule has 0 bridgehead atoms. The lowest BCUT2D eigenvalue weighted by atomic mass is 10.1. The van der Waals surface area contributed by atoms with Gasteiger partial charge >= 0.3 is 0 Å². The minimum atomic E-state index is -0.518. The summed E-state index contributed by atoms with van der Waals surface area (Å²) in [5, 5.41) is 20.9. The van der Waals surface area contributed by atoms with Crippen LogP contribution in [0.3, 0.4) is 0 Å². The maximum atomic E-state index is 11.8. The van der Waals surface area contributed by atoms with Crippen molar-refractivity contribution < 1.29 is 19.2 Å². The van der Waals surface area contributed by atoms with Crippen LogP contribution in [0.25, 0.3) is 6.08 Å². The molecule has 1 aliphatic heterocycles. The molecule has 8 nitrogen and oxygen atoms in total. The first kappa shape index (κ1) is 19.4. The molecule has 2 aromatic rings. The molecular formula is C19H17N3O5S. The molecule has 0 spiro atoms. The minimum absolute atomic E-state index is 0.00986. The molecule has 1 aliphatic rings. The van der Waals surface area contributed by atoms with E-state index in [1.54, 1.807) is 0 Å². The highest BCUT2D eigenvalue weighted by molar-refractivity contribution is 8.18. The first-order valence-corrected chi connectivity index (χ1v) is 9.14. The number of hydrogen-bond donors (Lipinski definition) is 2. The lowest BCUT2D eigenvalue weighted by Gasteiger charge is -2.11. The van der Waals surface area contributed by atoms with Crippen LogP contribution in [0.5, 0.6) is 11.5 Å². The fourth-order valence-corrected chi connectivity index (χ4v) is 3.12. The predicted molar refractivity (Wildman–Crippen MR) is 107 cm³/mol. The van der Waals surface area contributed by atoms with Crippen LogP contribution in [0, 0.1) is 22.4 Å². The SMILES string of the molecule is Cc1ccc(OCCOc2ccc([N+](=O)[O-])cc2/C=C2\SC(=N)NC2=O)cc1. The number of aryl methyl sites for hydroxylation is 1. The average molecular weight is 399 g/mol. The van der Waals surface area contributed by atoms with E-state index in [1.807, 2.05) is 31.2 Å². The standard InChI is InChI=1S/C19H17N3O5S/c1-12-2-5-15(6-3-12)26-8-9-27-16-7-4-14(22(24)25)10-13(16)11-17-18(23)21-19(20)28-17/h2-7,10-11H,8-9H2,1H3,(H2,20,21,23)/b17-11-. The van der Waals surface area contributed by atoms with Gasteiger partial charge in [-0.1, -0.05) is 17.7 Å². The van der Waals surface area contributed by atoms with Crippen molar-refractivity contribution in [2.45, 2.75) is 6.92 Å². The molecule has 0 saturated carbocycles. The van der Waals surface area contributed by atoms with Crippen molar-refractivity contribution in [3.63, 3.8) is 0 Å². The molecular weight excluding hydrogens is 382 g/mol. The van der Waals surface area contributed by atoms with E-state index in [2.05, 4.69) is 5.32 Å². The van der Waals surface area contributed by atoms with Crippen LogP contribution >= 0.6 is 11.8 Å². The Morgan fingerprint density at radius 2 is 1.89 bits per heavy atom. The van der Waals surface area contributed by atoms with Gasteiger partial charge in [0.25, 0.3) is 11.6 Å². The van der Waals surface area contributed by atoms with Gasteiger partial charge in [-0.25, -0.2) is 0 Å². The second-order valence-electron chi connectivity index (χ2n) is 5.88. The zero-order valence-electron chi connectivity index (χ0n) is 14.9. The molecule has 1 fully saturated rings. The molecule has 1 heterocycles. The third-order valence-corrected chi connectivity index (χ3v) is 4.61. The number of thioether (sulfide) groups is 1. The van der Waals surface area contributed by atoms with Gasteiger partial charge in [0.1, 0.15) is 24.7 Å². The number of amides is 1. The molecule has 3 rings (SSSR count). The van der Waals surface area contributed by atoms with Crippen LogP contribution in [0.15, 0.2) is 47.4 Å².